The number of ether oxygens (including phenoxy) is 1. The van der Waals surface area contributed by atoms with Gasteiger partial charge >= 0.3 is 0 Å². The van der Waals surface area contributed by atoms with Crippen molar-refractivity contribution in [2.75, 3.05) is 32.8 Å². The molecule has 2 unspecified atom stereocenters. The smallest absolute Gasteiger partial charge is 0.0518 e. The van der Waals surface area contributed by atoms with Crippen LogP contribution in [0, 0.1) is 5.92 Å². The van der Waals surface area contributed by atoms with Gasteiger partial charge in [-0.15, -0.1) is 0 Å². The summed E-state index contributed by atoms with van der Waals surface area (Å²) in [4.78, 5) is 2.75. The van der Waals surface area contributed by atoms with E-state index in [0.29, 0.717) is 6.10 Å². The topological polar surface area (TPSA) is 24.5 Å². The molecule has 3 nitrogen and oxygen atoms in total. The summed E-state index contributed by atoms with van der Waals surface area (Å²) in [5.41, 5.74) is 0. The third kappa shape index (κ3) is 5.05. The lowest BCUT2D eigenvalue weighted by atomic mass is 9.92. The summed E-state index contributed by atoms with van der Waals surface area (Å²) in [5.74, 6) is 1.02. The van der Waals surface area contributed by atoms with Crippen LogP contribution in [0.5, 0.6) is 0 Å². The molecule has 1 N–H and O–H groups in total. The molecular formula is C16H32N2O. The zero-order valence-electron chi connectivity index (χ0n) is 12.9. The largest absolute Gasteiger partial charge is 0.379 e. The molecule has 2 fully saturated rings. The van der Waals surface area contributed by atoms with Gasteiger partial charge in [0.1, 0.15) is 0 Å². The number of likely N-dealkylation sites (tertiary alicyclic amines) is 1. The van der Waals surface area contributed by atoms with Crippen LogP contribution in [0.4, 0.5) is 0 Å². The predicted octanol–water partition coefficient (Wildman–Crippen LogP) is 2.66. The van der Waals surface area contributed by atoms with Gasteiger partial charge in [-0.1, -0.05) is 6.42 Å². The van der Waals surface area contributed by atoms with E-state index in [9.17, 15) is 0 Å². The van der Waals surface area contributed by atoms with Crippen molar-refractivity contribution in [1.82, 2.24) is 10.2 Å². The van der Waals surface area contributed by atoms with Gasteiger partial charge in [0, 0.05) is 25.7 Å². The van der Waals surface area contributed by atoms with Crippen LogP contribution in [0.3, 0.4) is 0 Å². The summed E-state index contributed by atoms with van der Waals surface area (Å²) < 4.78 is 5.54. The number of piperidine rings is 1. The molecule has 1 saturated carbocycles. The Kier molecular flexibility index (Phi) is 6.62. The van der Waals surface area contributed by atoms with Crippen molar-refractivity contribution in [1.29, 1.82) is 0 Å². The lowest BCUT2D eigenvalue weighted by molar-refractivity contribution is 0.0765. The van der Waals surface area contributed by atoms with E-state index in [-0.39, 0.29) is 0 Å². The van der Waals surface area contributed by atoms with Crippen LogP contribution in [0.2, 0.25) is 0 Å². The molecule has 0 aromatic rings. The molecule has 2 aliphatic rings. The highest BCUT2D eigenvalue weighted by molar-refractivity contribution is 4.89. The van der Waals surface area contributed by atoms with Gasteiger partial charge < -0.3 is 10.1 Å². The molecule has 2 rings (SSSR count). The Bertz CT molecular complexity index is 245. The average molecular weight is 268 g/mol. The number of hydrogen-bond donors (Lipinski definition) is 1. The van der Waals surface area contributed by atoms with Crippen LogP contribution < -0.4 is 5.32 Å². The van der Waals surface area contributed by atoms with E-state index in [1.165, 1.54) is 45.2 Å². The molecule has 0 spiro atoms. The van der Waals surface area contributed by atoms with Gasteiger partial charge in [-0.2, -0.15) is 0 Å². The van der Waals surface area contributed by atoms with Gasteiger partial charge in [-0.3, -0.25) is 4.90 Å². The van der Waals surface area contributed by atoms with Gasteiger partial charge in [0.2, 0.25) is 0 Å². The molecule has 0 amide bonds. The highest BCUT2D eigenvalue weighted by atomic mass is 16.5. The fourth-order valence-corrected chi connectivity index (χ4v) is 3.70. The molecule has 1 saturated heterocycles. The average Bonchev–Trinajstić information content (AvgIpc) is 2.86. The maximum Gasteiger partial charge on any atom is 0.0518 e. The van der Waals surface area contributed by atoms with Crippen LogP contribution in [0.1, 0.15) is 52.4 Å². The summed E-state index contributed by atoms with van der Waals surface area (Å²) in [6.07, 6.45) is 8.81. The Morgan fingerprint density at radius 1 is 1.16 bits per heavy atom. The molecule has 2 atom stereocenters. The van der Waals surface area contributed by atoms with Crippen molar-refractivity contribution >= 4 is 0 Å². The molecule has 0 bridgehead atoms. The van der Waals surface area contributed by atoms with Crippen molar-refractivity contribution in [2.24, 2.45) is 5.92 Å². The van der Waals surface area contributed by atoms with Gasteiger partial charge in [0.25, 0.3) is 0 Å². The normalized spacial score (nSPS) is 27.9. The zero-order valence-corrected chi connectivity index (χ0v) is 12.9. The highest BCUT2D eigenvalue weighted by Gasteiger charge is 2.34. The number of hydrogen-bond acceptors (Lipinski definition) is 3. The van der Waals surface area contributed by atoms with E-state index < -0.39 is 0 Å². The van der Waals surface area contributed by atoms with Crippen LogP contribution in [-0.4, -0.2) is 49.8 Å². The quantitative estimate of drug-likeness (QED) is 0.685. The lowest BCUT2D eigenvalue weighted by Crippen LogP contribution is -2.45. The Balaban J connectivity index is 1.51. The first kappa shape index (κ1) is 15.3. The zero-order chi connectivity index (χ0) is 13.5. The van der Waals surface area contributed by atoms with Crippen molar-refractivity contribution in [3.05, 3.63) is 0 Å². The molecule has 1 aliphatic carbocycles. The van der Waals surface area contributed by atoms with Gasteiger partial charge in [-0.05, 0) is 65.0 Å². The van der Waals surface area contributed by atoms with Crippen LogP contribution in [0.15, 0.2) is 0 Å². The fourth-order valence-electron chi connectivity index (χ4n) is 3.70. The first-order valence-corrected chi connectivity index (χ1v) is 8.33. The van der Waals surface area contributed by atoms with Crippen molar-refractivity contribution in [3.8, 4) is 0 Å². The summed E-state index contributed by atoms with van der Waals surface area (Å²) in [7, 11) is 0. The van der Waals surface area contributed by atoms with Crippen molar-refractivity contribution < 1.29 is 4.74 Å². The number of nitrogens with one attached hydrogen (secondary N) is 1. The number of nitrogens with zero attached hydrogens (tertiary/aromatic N) is 1. The summed E-state index contributed by atoms with van der Waals surface area (Å²) in [6, 6.07) is 0.917. The highest BCUT2D eigenvalue weighted by Crippen LogP contribution is 2.36. The minimum Gasteiger partial charge on any atom is -0.379 e. The third-order valence-electron chi connectivity index (χ3n) is 4.63. The Labute approximate surface area is 119 Å². The monoisotopic (exact) mass is 268 g/mol. The van der Waals surface area contributed by atoms with Gasteiger partial charge in [0.15, 0.2) is 0 Å². The molecule has 1 heterocycles. The molecule has 0 aromatic heterocycles. The molecule has 19 heavy (non-hydrogen) atoms. The van der Waals surface area contributed by atoms with E-state index in [1.807, 2.05) is 0 Å². The maximum absolute atomic E-state index is 5.54. The molecule has 1 aliphatic heterocycles. The summed E-state index contributed by atoms with van der Waals surface area (Å²) in [6.45, 7) is 9.90. The maximum atomic E-state index is 5.54. The Morgan fingerprint density at radius 2 is 2.00 bits per heavy atom. The lowest BCUT2D eigenvalue weighted by Gasteiger charge is -2.37. The standard InChI is InChI=1S/C16H32N2O/c1-14(2)19-13-5-9-17-10-12-18-11-4-7-15-6-3-8-16(15)18/h14-17H,3-13H2,1-2H3. The van der Waals surface area contributed by atoms with E-state index in [0.717, 1.165) is 38.1 Å². The molecule has 112 valence electrons. The number of rotatable bonds is 8. The SMILES string of the molecule is CC(C)OCCCNCCN1CCCC2CCCC21. The summed E-state index contributed by atoms with van der Waals surface area (Å²) in [5, 5.41) is 3.56. The third-order valence-corrected chi connectivity index (χ3v) is 4.63. The molecule has 0 radical (unpaired) electrons. The van der Waals surface area contributed by atoms with E-state index in [4.69, 9.17) is 4.74 Å². The minimum absolute atomic E-state index is 0.368. The van der Waals surface area contributed by atoms with E-state index in [2.05, 4.69) is 24.1 Å². The number of fused-ring (bicyclic) bond motifs is 1. The predicted molar refractivity (Wildman–Crippen MR) is 80.5 cm³/mol. The minimum atomic E-state index is 0.368. The van der Waals surface area contributed by atoms with Crippen LogP contribution in [-0.2, 0) is 4.74 Å². The van der Waals surface area contributed by atoms with E-state index >= 15 is 0 Å². The molecule has 3 heteroatoms. The fraction of sp³-hybridized carbons (Fsp3) is 1.00. The second-order valence-corrected chi connectivity index (χ2v) is 6.46. The van der Waals surface area contributed by atoms with Gasteiger partial charge in [0.05, 0.1) is 6.10 Å². The van der Waals surface area contributed by atoms with E-state index in [1.54, 1.807) is 0 Å². The Hall–Kier alpha value is -0.120. The molecule has 0 aromatic carbocycles. The molecular weight excluding hydrogens is 236 g/mol. The Morgan fingerprint density at radius 3 is 2.84 bits per heavy atom. The first-order chi connectivity index (χ1) is 9.27. The second-order valence-electron chi connectivity index (χ2n) is 6.46. The summed E-state index contributed by atoms with van der Waals surface area (Å²) >= 11 is 0. The van der Waals surface area contributed by atoms with Gasteiger partial charge in [-0.25, -0.2) is 0 Å². The van der Waals surface area contributed by atoms with Crippen LogP contribution in [0.25, 0.3) is 0 Å². The van der Waals surface area contributed by atoms with Crippen molar-refractivity contribution in [2.45, 2.75) is 64.5 Å². The second kappa shape index (κ2) is 8.23. The van der Waals surface area contributed by atoms with Crippen LogP contribution >= 0.6 is 0 Å². The first-order valence-electron chi connectivity index (χ1n) is 8.33. The van der Waals surface area contributed by atoms with Crippen molar-refractivity contribution in [3.63, 3.8) is 0 Å².